The molecule has 1 aliphatic carbocycles. The number of aryl methyl sites for hydroxylation is 1. The van der Waals surface area contributed by atoms with Crippen LogP contribution in [0.15, 0.2) is 0 Å². The van der Waals surface area contributed by atoms with Gasteiger partial charge in [-0.3, -0.25) is 9.59 Å². The molecule has 0 aliphatic heterocycles. The Kier molecular flexibility index (Phi) is 7.79. The third kappa shape index (κ3) is 5.77. The van der Waals surface area contributed by atoms with E-state index in [1.54, 1.807) is 6.92 Å². The first kappa shape index (κ1) is 21.4. The highest BCUT2D eigenvalue weighted by Gasteiger charge is 2.28. The van der Waals surface area contributed by atoms with Crippen LogP contribution in [0.2, 0.25) is 0 Å². The molecule has 7 nitrogen and oxygen atoms in total. The van der Waals surface area contributed by atoms with Gasteiger partial charge in [0.05, 0.1) is 18.6 Å². The lowest BCUT2D eigenvalue weighted by molar-refractivity contribution is -0.141. The molecule has 1 aromatic heterocycles. The number of carboxylic acid groups (broad SMARTS) is 1. The molecule has 0 radical (unpaired) electrons. The predicted octanol–water partition coefficient (Wildman–Crippen LogP) is 2.83. The molecule has 0 saturated heterocycles. The number of ether oxygens (including phenoxy) is 1. The minimum atomic E-state index is -1.07. The van der Waals surface area contributed by atoms with Gasteiger partial charge in [-0.15, -0.1) is 11.3 Å². The van der Waals surface area contributed by atoms with Crippen molar-refractivity contribution >= 4 is 34.2 Å². The van der Waals surface area contributed by atoms with E-state index in [1.807, 2.05) is 13.8 Å². The van der Waals surface area contributed by atoms with E-state index in [0.717, 1.165) is 36.1 Å². The summed E-state index contributed by atoms with van der Waals surface area (Å²) in [6, 6.07) is -0.965. The van der Waals surface area contributed by atoms with Crippen LogP contribution in [-0.2, 0) is 27.2 Å². The van der Waals surface area contributed by atoms with E-state index in [2.05, 4.69) is 10.6 Å². The Hall–Kier alpha value is -1.93. The summed E-state index contributed by atoms with van der Waals surface area (Å²) in [6.07, 6.45) is 3.54. The number of rotatable bonds is 9. The quantitative estimate of drug-likeness (QED) is 0.555. The van der Waals surface area contributed by atoms with Crippen molar-refractivity contribution in [2.75, 3.05) is 18.5 Å². The number of nitrogens with one attached hydrogen (secondary N) is 2. The topological polar surface area (TPSA) is 105 Å². The highest BCUT2D eigenvalue weighted by molar-refractivity contribution is 7.17. The highest BCUT2D eigenvalue weighted by atomic mass is 32.1. The van der Waals surface area contributed by atoms with Crippen molar-refractivity contribution < 1.29 is 24.2 Å². The van der Waals surface area contributed by atoms with Crippen molar-refractivity contribution in [2.24, 2.45) is 5.92 Å². The lowest BCUT2D eigenvalue weighted by Crippen LogP contribution is -2.41. The maximum atomic E-state index is 12.5. The van der Waals surface area contributed by atoms with Crippen LogP contribution in [-0.4, -0.2) is 42.1 Å². The number of thiophene rings is 1. The summed E-state index contributed by atoms with van der Waals surface area (Å²) in [6.45, 7) is 6.44. The molecule has 0 spiro atoms. The first-order valence-electron chi connectivity index (χ1n) is 9.41. The zero-order chi connectivity index (χ0) is 20.0. The van der Waals surface area contributed by atoms with E-state index in [4.69, 9.17) is 4.74 Å². The van der Waals surface area contributed by atoms with Crippen molar-refractivity contribution in [2.45, 2.75) is 58.9 Å². The minimum absolute atomic E-state index is 0.202. The molecule has 8 heteroatoms. The minimum Gasteiger partial charge on any atom is -0.480 e. The molecule has 1 atom stereocenters. The smallest absolute Gasteiger partial charge is 0.341 e. The van der Waals surface area contributed by atoms with E-state index >= 15 is 0 Å². The Morgan fingerprint density at radius 1 is 1.22 bits per heavy atom. The first-order valence-corrected chi connectivity index (χ1v) is 10.2. The summed E-state index contributed by atoms with van der Waals surface area (Å²) in [5.41, 5.74) is 1.40. The van der Waals surface area contributed by atoms with Crippen LogP contribution in [0.3, 0.4) is 0 Å². The Bertz CT molecular complexity index is 699. The zero-order valence-corrected chi connectivity index (χ0v) is 16.9. The number of carboxylic acids is 1. The molecule has 1 heterocycles. The molecule has 0 saturated carbocycles. The fourth-order valence-corrected chi connectivity index (χ4v) is 4.35. The van der Waals surface area contributed by atoms with E-state index in [9.17, 15) is 19.5 Å². The highest BCUT2D eigenvalue weighted by Crippen LogP contribution is 2.38. The molecule has 27 heavy (non-hydrogen) atoms. The number of hydrogen-bond donors (Lipinski definition) is 3. The summed E-state index contributed by atoms with van der Waals surface area (Å²) in [4.78, 5) is 37.4. The summed E-state index contributed by atoms with van der Waals surface area (Å²) in [5, 5.41) is 15.5. The van der Waals surface area contributed by atoms with Gasteiger partial charge in [0.2, 0.25) is 5.91 Å². The molecule has 1 amide bonds. The van der Waals surface area contributed by atoms with E-state index in [-0.39, 0.29) is 18.9 Å². The third-order valence-corrected chi connectivity index (χ3v) is 5.57. The number of carbonyl (C=O) groups is 3. The van der Waals surface area contributed by atoms with Crippen LogP contribution in [0.25, 0.3) is 0 Å². The van der Waals surface area contributed by atoms with Gasteiger partial charge in [0.15, 0.2) is 0 Å². The molecule has 150 valence electrons. The van der Waals surface area contributed by atoms with Crippen molar-refractivity contribution in [1.82, 2.24) is 5.32 Å². The zero-order valence-electron chi connectivity index (χ0n) is 16.1. The van der Waals surface area contributed by atoms with Gasteiger partial charge >= 0.3 is 11.9 Å². The second-order valence-corrected chi connectivity index (χ2v) is 8.19. The molecule has 2 rings (SSSR count). The second kappa shape index (κ2) is 9.85. The van der Waals surface area contributed by atoms with Crippen LogP contribution >= 0.6 is 11.3 Å². The van der Waals surface area contributed by atoms with Gasteiger partial charge in [0.1, 0.15) is 11.0 Å². The molecule has 0 aromatic carbocycles. The standard InChI is InChI=1S/C19H28N2O5S/c1-4-26-19(25)16-12-7-5-6-8-14(12)27-17(16)21-15(22)9-13(18(23)24)20-10-11(2)3/h11,13,20H,4-10H2,1-3H3,(H,21,22)(H,23,24). The second-order valence-electron chi connectivity index (χ2n) is 7.08. The van der Waals surface area contributed by atoms with Gasteiger partial charge in [-0.2, -0.15) is 0 Å². The van der Waals surface area contributed by atoms with E-state index < -0.39 is 23.9 Å². The molecular weight excluding hydrogens is 368 g/mol. The average Bonchev–Trinajstić information content (AvgIpc) is 2.96. The molecule has 0 bridgehead atoms. The maximum absolute atomic E-state index is 12.5. The van der Waals surface area contributed by atoms with Gasteiger partial charge < -0.3 is 20.5 Å². The van der Waals surface area contributed by atoms with Gasteiger partial charge in [0, 0.05) is 4.88 Å². The van der Waals surface area contributed by atoms with Gasteiger partial charge in [-0.05, 0) is 50.6 Å². The van der Waals surface area contributed by atoms with Crippen LogP contribution in [0.1, 0.15) is 60.8 Å². The summed E-state index contributed by atoms with van der Waals surface area (Å²) in [5.74, 6) is -1.65. The van der Waals surface area contributed by atoms with Gasteiger partial charge in [-0.1, -0.05) is 13.8 Å². The Morgan fingerprint density at radius 3 is 2.56 bits per heavy atom. The molecule has 3 N–H and O–H groups in total. The molecule has 1 aliphatic rings. The largest absolute Gasteiger partial charge is 0.480 e. The van der Waals surface area contributed by atoms with Crippen molar-refractivity contribution in [3.05, 3.63) is 16.0 Å². The average molecular weight is 397 g/mol. The number of carbonyl (C=O) groups excluding carboxylic acids is 2. The normalized spacial score (nSPS) is 14.5. The molecule has 0 fully saturated rings. The van der Waals surface area contributed by atoms with Crippen molar-refractivity contribution in [3.8, 4) is 0 Å². The lowest BCUT2D eigenvalue weighted by Gasteiger charge is -2.16. The van der Waals surface area contributed by atoms with Crippen molar-refractivity contribution in [1.29, 1.82) is 0 Å². The molecular formula is C19H28N2O5S. The van der Waals surface area contributed by atoms with Crippen LogP contribution in [0.4, 0.5) is 5.00 Å². The Balaban J connectivity index is 2.15. The summed E-state index contributed by atoms with van der Waals surface area (Å²) < 4.78 is 5.17. The third-order valence-electron chi connectivity index (χ3n) is 4.36. The number of anilines is 1. The number of amides is 1. The monoisotopic (exact) mass is 396 g/mol. The van der Waals surface area contributed by atoms with E-state index in [1.165, 1.54) is 11.3 Å². The van der Waals surface area contributed by atoms with Crippen LogP contribution in [0.5, 0.6) is 0 Å². The lowest BCUT2D eigenvalue weighted by atomic mass is 9.95. The van der Waals surface area contributed by atoms with Gasteiger partial charge in [0.25, 0.3) is 0 Å². The Morgan fingerprint density at radius 2 is 1.93 bits per heavy atom. The SMILES string of the molecule is CCOC(=O)c1c(NC(=O)CC(NCC(C)C)C(=O)O)sc2c1CCCC2. The summed E-state index contributed by atoms with van der Waals surface area (Å²) >= 11 is 1.40. The summed E-state index contributed by atoms with van der Waals surface area (Å²) in [7, 11) is 0. The Labute approximate surface area is 163 Å². The van der Waals surface area contributed by atoms with E-state index in [0.29, 0.717) is 17.1 Å². The fraction of sp³-hybridized carbons (Fsp3) is 0.632. The van der Waals surface area contributed by atoms with Crippen LogP contribution in [0, 0.1) is 5.92 Å². The fourth-order valence-electron chi connectivity index (χ4n) is 3.06. The number of aliphatic carboxylic acids is 1. The molecule has 1 unspecified atom stereocenters. The van der Waals surface area contributed by atoms with Gasteiger partial charge in [-0.25, -0.2) is 4.79 Å². The number of hydrogen-bond acceptors (Lipinski definition) is 6. The van der Waals surface area contributed by atoms with Crippen LogP contribution < -0.4 is 10.6 Å². The number of fused-ring (bicyclic) bond motifs is 1. The maximum Gasteiger partial charge on any atom is 0.341 e. The first-order chi connectivity index (χ1) is 12.8. The molecule has 1 aromatic rings. The predicted molar refractivity (Wildman–Crippen MR) is 104 cm³/mol. The van der Waals surface area contributed by atoms with Crippen molar-refractivity contribution in [3.63, 3.8) is 0 Å². The number of esters is 1.